The van der Waals surface area contributed by atoms with Gasteiger partial charge in [-0.25, -0.2) is 0 Å². The highest BCUT2D eigenvalue weighted by Crippen LogP contribution is 2.50. The molecule has 2 aromatic rings. The molecule has 0 bridgehead atoms. The number of ether oxygens (including phenoxy) is 7. The average molecular weight is 404 g/mol. The molecule has 0 aromatic heterocycles. The van der Waals surface area contributed by atoms with Gasteiger partial charge in [-0.1, -0.05) is 12.1 Å². The number of hydrogen-bond donors (Lipinski definition) is 0. The van der Waals surface area contributed by atoms with E-state index in [1.54, 1.807) is 35.5 Å². The lowest BCUT2D eigenvalue weighted by atomic mass is 9.97. The summed E-state index contributed by atoms with van der Waals surface area (Å²) in [5.41, 5.74) is 1.98. The van der Waals surface area contributed by atoms with Crippen molar-refractivity contribution in [2.75, 3.05) is 42.3 Å². The first-order valence-corrected chi connectivity index (χ1v) is 9.38. The Hall–Kier alpha value is -2.64. The summed E-state index contributed by atoms with van der Waals surface area (Å²) in [5.74, 6) is 3.19. The van der Waals surface area contributed by atoms with Gasteiger partial charge in [-0.2, -0.15) is 0 Å². The molecule has 0 unspecified atom stereocenters. The van der Waals surface area contributed by atoms with Crippen LogP contribution in [0.5, 0.6) is 28.7 Å². The molecule has 7 heteroatoms. The highest BCUT2D eigenvalue weighted by Gasteiger charge is 2.29. The Balaban J connectivity index is 1.81. The fraction of sp³-hybridized carbons (Fsp3) is 0.455. The van der Waals surface area contributed by atoms with Crippen LogP contribution in [0.3, 0.4) is 0 Å². The van der Waals surface area contributed by atoms with E-state index >= 15 is 0 Å². The molecule has 29 heavy (non-hydrogen) atoms. The molecule has 2 atom stereocenters. The van der Waals surface area contributed by atoms with Gasteiger partial charge in [0.1, 0.15) is 5.75 Å². The van der Waals surface area contributed by atoms with Gasteiger partial charge in [-0.15, -0.1) is 0 Å². The van der Waals surface area contributed by atoms with Crippen molar-refractivity contribution < 1.29 is 33.2 Å². The van der Waals surface area contributed by atoms with Gasteiger partial charge in [0.15, 0.2) is 11.5 Å². The average Bonchev–Trinajstić information content (AvgIpc) is 3.25. The van der Waals surface area contributed by atoms with E-state index in [0.717, 1.165) is 16.9 Å². The molecule has 0 N–H and O–H groups in total. The Morgan fingerprint density at radius 3 is 2.17 bits per heavy atom. The van der Waals surface area contributed by atoms with Gasteiger partial charge >= 0.3 is 0 Å². The van der Waals surface area contributed by atoms with E-state index in [9.17, 15) is 0 Å². The van der Waals surface area contributed by atoms with E-state index in [1.165, 1.54) is 0 Å². The lowest BCUT2D eigenvalue weighted by molar-refractivity contribution is 0.0217. The van der Waals surface area contributed by atoms with Crippen molar-refractivity contribution in [3.8, 4) is 28.7 Å². The third-order valence-electron chi connectivity index (χ3n) is 5.09. The monoisotopic (exact) mass is 404 g/mol. The van der Waals surface area contributed by atoms with Gasteiger partial charge in [0.2, 0.25) is 18.3 Å². The predicted molar refractivity (Wildman–Crippen MR) is 108 cm³/mol. The van der Waals surface area contributed by atoms with Crippen LogP contribution in [-0.2, 0) is 15.9 Å². The second-order valence-corrected chi connectivity index (χ2v) is 6.63. The molecule has 0 aliphatic carbocycles. The Morgan fingerprint density at radius 2 is 1.59 bits per heavy atom. The van der Waals surface area contributed by atoms with E-state index in [0.29, 0.717) is 35.8 Å². The summed E-state index contributed by atoms with van der Waals surface area (Å²) >= 11 is 0. The van der Waals surface area contributed by atoms with Crippen LogP contribution in [0.2, 0.25) is 0 Å². The molecule has 0 spiro atoms. The number of benzene rings is 2. The van der Waals surface area contributed by atoms with Crippen LogP contribution >= 0.6 is 0 Å². The van der Waals surface area contributed by atoms with Gasteiger partial charge in [-0.3, -0.25) is 0 Å². The van der Waals surface area contributed by atoms with Crippen LogP contribution < -0.4 is 23.7 Å². The number of methoxy groups -OCH3 is 5. The van der Waals surface area contributed by atoms with Crippen molar-refractivity contribution in [1.29, 1.82) is 0 Å². The van der Waals surface area contributed by atoms with Crippen LogP contribution in [0.15, 0.2) is 30.3 Å². The Bertz CT molecular complexity index is 804. The summed E-state index contributed by atoms with van der Waals surface area (Å²) in [6, 6.07) is 9.77. The summed E-state index contributed by atoms with van der Waals surface area (Å²) < 4.78 is 38.9. The highest BCUT2D eigenvalue weighted by molar-refractivity contribution is 5.64. The smallest absolute Gasteiger partial charge is 0.231 e. The van der Waals surface area contributed by atoms with Gasteiger partial charge in [-0.05, 0) is 23.8 Å². The lowest BCUT2D eigenvalue weighted by Gasteiger charge is -2.23. The normalized spacial score (nSPS) is 14.4. The minimum Gasteiger partial charge on any atom is -0.497 e. The van der Waals surface area contributed by atoms with Gasteiger partial charge in [0.25, 0.3) is 0 Å². The quantitative estimate of drug-likeness (QED) is 0.597. The third kappa shape index (κ3) is 4.52. The second-order valence-electron chi connectivity index (χ2n) is 6.63. The molecule has 0 radical (unpaired) electrons. The van der Waals surface area contributed by atoms with Crippen molar-refractivity contribution in [2.24, 2.45) is 0 Å². The molecule has 2 aromatic carbocycles. The van der Waals surface area contributed by atoms with E-state index in [-0.39, 0.29) is 19.0 Å². The highest BCUT2D eigenvalue weighted by atomic mass is 16.7. The molecule has 1 aliphatic rings. The lowest BCUT2D eigenvalue weighted by Crippen LogP contribution is -2.19. The molecule has 0 amide bonds. The van der Waals surface area contributed by atoms with Crippen LogP contribution in [0.1, 0.15) is 23.7 Å². The van der Waals surface area contributed by atoms with Crippen molar-refractivity contribution in [3.63, 3.8) is 0 Å². The zero-order valence-electron chi connectivity index (χ0n) is 17.5. The molecule has 3 rings (SSSR count). The minimum absolute atomic E-state index is 0.110. The maximum atomic E-state index is 5.77. The topological polar surface area (TPSA) is 64.6 Å². The van der Waals surface area contributed by atoms with E-state index in [4.69, 9.17) is 33.2 Å². The maximum absolute atomic E-state index is 5.77. The van der Waals surface area contributed by atoms with Crippen LogP contribution in [0.4, 0.5) is 0 Å². The fourth-order valence-corrected chi connectivity index (χ4v) is 3.53. The molecule has 7 nitrogen and oxygen atoms in total. The van der Waals surface area contributed by atoms with Crippen molar-refractivity contribution in [1.82, 2.24) is 0 Å². The predicted octanol–water partition coefficient (Wildman–Crippen LogP) is 3.78. The van der Waals surface area contributed by atoms with Gasteiger partial charge < -0.3 is 33.2 Å². The SMILES string of the molecule is COc1ccc([C@H](C[C@@H](Cc2cc(OC)c3c(c2OC)OCO3)OC)OC)cc1. The zero-order chi connectivity index (χ0) is 20.8. The van der Waals surface area contributed by atoms with Crippen molar-refractivity contribution >= 4 is 0 Å². The van der Waals surface area contributed by atoms with Crippen molar-refractivity contribution in [3.05, 3.63) is 41.5 Å². The van der Waals surface area contributed by atoms with Crippen LogP contribution in [-0.4, -0.2) is 48.4 Å². The Labute approximate surface area is 171 Å². The summed E-state index contributed by atoms with van der Waals surface area (Å²) in [5, 5.41) is 0. The summed E-state index contributed by atoms with van der Waals surface area (Å²) in [6.45, 7) is 0.141. The van der Waals surface area contributed by atoms with E-state index in [2.05, 4.69) is 0 Å². The third-order valence-corrected chi connectivity index (χ3v) is 5.09. The first kappa shape index (κ1) is 21.1. The Morgan fingerprint density at radius 1 is 0.862 bits per heavy atom. The fourth-order valence-electron chi connectivity index (χ4n) is 3.53. The standard InChI is InChI=1S/C22H28O7/c1-23-16-8-6-14(7-9-16)18(25-3)12-17(24-2)10-15-11-19(26-4)21-22(20(15)27-5)29-13-28-21/h6-9,11,17-18H,10,12-13H2,1-5H3/t17-,18+/m1/s1. The first-order valence-electron chi connectivity index (χ1n) is 9.38. The van der Waals surface area contributed by atoms with E-state index < -0.39 is 0 Å². The first-order chi connectivity index (χ1) is 14.1. The van der Waals surface area contributed by atoms with Gasteiger partial charge in [0, 0.05) is 32.6 Å². The molecule has 0 saturated heterocycles. The Kier molecular flexibility index (Phi) is 7.06. The molecule has 1 aliphatic heterocycles. The molecule has 0 saturated carbocycles. The number of hydrogen-bond acceptors (Lipinski definition) is 7. The zero-order valence-corrected chi connectivity index (χ0v) is 17.5. The molecule has 158 valence electrons. The molecular weight excluding hydrogens is 376 g/mol. The van der Waals surface area contributed by atoms with Crippen LogP contribution in [0, 0.1) is 0 Å². The van der Waals surface area contributed by atoms with Crippen molar-refractivity contribution in [2.45, 2.75) is 25.0 Å². The van der Waals surface area contributed by atoms with E-state index in [1.807, 2.05) is 30.3 Å². The maximum Gasteiger partial charge on any atom is 0.231 e. The second kappa shape index (κ2) is 9.71. The number of fused-ring (bicyclic) bond motifs is 1. The number of rotatable bonds is 10. The minimum atomic E-state index is -0.118. The molecule has 0 fully saturated rings. The summed E-state index contributed by atoms with van der Waals surface area (Å²) in [7, 11) is 8.26. The summed E-state index contributed by atoms with van der Waals surface area (Å²) in [6.07, 6.45) is 1.04. The largest absolute Gasteiger partial charge is 0.497 e. The molecule has 1 heterocycles. The molecular formula is C22H28O7. The van der Waals surface area contributed by atoms with Crippen LogP contribution in [0.25, 0.3) is 0 Å². The summed E-state index contributed by atoms with van der Waals surface area (Å²) in [4.78, 5) is 0. The van der Waals surface area contributed by atoms with Gasteiger partial charge in [0.05, 0.1) is 33.5 Å².